The summed E-state index contributed by atoms with van der Waals surface area (Å²) in [7, 11) is 2.10. The van der Waals surface area contributed by atoms with Crippen LogP contribution in [0.5, 0.6) is 11.8 Å². The summed E-state index contributed by atoms with van der Waals surface area (Å²) >= 11 is 3.46. The van der Waals surface area contributed by atoms with Gasteiger partial charge in [-0.3, -0.25) is 4.98 Å². The number of benzene rings is 2. The average molecular weight is 594 g/mol. The number of phenolic OH excluding ortho intramolecular Hbond substituents is 1. The summed E-state index contributed by atoms with van der Waals surface area (Å²) in [6.45, 7) is 3.09. The molecule has 4 aromatic rings. The molecule has 3 aliphatic rings. The van der Waals surface area contributed by atoms with Crippen molar-refractivity contribution in [1.29, 1.82) is 0 Å². The molecule has 2 aromatic heterocycles. The number of hydrogen-bond acceptors (Lipinski definition) is 8. The molecule has 5 heterocycles. The Kier molecular flexibility index (Phi) is 6.28. The smallest absolute Gasteiger partial charge is 0.319 e. The summed E-state index contributed by atoms with van der Waals surface area (Å²) in [5, 5.41) is 16.4. The zero-order chi connectivity index (χ0) is 26.7. The number of phenols is 1. The SMILES string of the molecule is CN1CCC[C@H]1COc1nc(N2CC3CCC(C2)N3)c2cnc(-c3cc(O)c(Br)c4ccccc34)c(F)c2n1. The number of likely N-dealkylation sites (N-methyl/N-ethyl adjacent to an activating group) is 1. The lowest BCUT2D eigenvalue weighted by Crippen LogP contribution is -2.51. The number of rotatable bonds is 5. The van der Waals surface area contributed by atoms with E-state index < -0.39 is 5.82 Å². The van der Waals surface area contributed by atoms with Crippen molar-refractivity contribution >= 4 is 43.4 Å². The Morgan fingerprint density at radius 2 is 1.87 bits per heavy atom. The summed E-state index contributed by atoms with van der Waals surface area (Å²) in [4.78, 5) is 18.5. The van der Waals surface area contributed by atoms with Crippen molar-refractivity contribution in [3.63, 3.8) is 0 Å². The van der Waals surface area contributed by atoms with Gasteiger partial charge >= 0.3 is 6.01 Å². The molecule has 2 aromatic carbocycles. The molecule has 8 nitrogen and oxygen atoms in total. The third-order valence-corrected chi connectivity index (χ3v) is 9.28. The van der Waals surface area contributed by atoms with E-state index in [1.165, 1.54) is 0 Å². The van der Waals surface area contributed by atoms with Crippen LogP contribution in [0.1, 0.15) is 25.7 Å². The van der Waals surface area contributed by atoms with Crippen molar-refractivity contribution in [3.05, 3.63) is 46.8 Å². The van der Waals surface area contributed by atoms with Gasteiger partial charge in [0.25, 0.3) is 0 Å². The van der Waals surface area contributed by atoms with Gasteiger partial charge in [0.05, 0.1) is 9.86 Å². The van der Waals surface area contributed by atoms with E-state index in [1.807, 2.05) is 24.3 Å². The highest BCUT2D eigenvalue weighted by atomic mass is 79.9. The van der Waals surface area contributed by atoms with Crippen molar-refractivity contribution in [2.24, 2.45) is 0 Å². The quantitative estimate of drug-likeness (QED) is 0.339. The average Bonchev–Trinajstić information content (AvgIpc) is 3.52. The Morgan fingerprint density at radius 1 is 1.10 bits per heavy atom. The van der Waals surface area contributed by atoms with Crippen molar-refractivity contribution in [3.8, 4) is 23.0 Å². The van der Waals surface area contributed by atoms with Crippen LogP contribution in [0.4, 0.5) is 10.2 Å². The zero-order valence-electron chi connectivity index (χ0n) is 21.7. The minimum absolute atomic E-state index is 0.0226. The van der Waals surface area contributed by atoms with Gasteiger partial charge in [-0.2, -0.15) is 9.97 Å². The van der Waals surface area contributed by atoms with Crippen molar-refractivity contribution in [1.82, 2.24) is 25.2 Å². The number of hydrogen-bond donors (Lipinski definition) is 2. The van der Waals surface area contributed by atoms with E-state index in [2.05, 4.69) is 48.1 Å². The van der Waals surface area contributed by atoms with Crippen molar-refractivity contribution in [2.75, 3.05) is 38.2 Å². The Morgan fingerprint density at radius 3 is 2.62 bits per heavy atom. The first-order chi connectivity index (χ1) is 19.0. The normalized spacial score (nSPS) is 23.3. The first kappa shape index (κ1) is 24.9. The maximum absolute atomic E-state index is 16.5. The Balaban J connectivity index is 1.36. The molecule has 2 bridgehead atoms. The fraction of sp³-hybridized carbons (Fsp3) is 0.414. The van der Waals surface area contributed by atoms with E-state index in [4.69, 9.17) is 9.72 Å². The van der Waals surface area contributed by atoms with Crippen LogP contribution in [0.3, 0.4) is 0 Å². The molecule has 3 fully saturated rings. The van der Waals surface area contributed by atoms with Crippen LogP contribution in [-0.2, 0) is 0 Å². The minimum Gasteiger partial charge on any atom is -0.507 e. The fourth-order valence-electron chi connectivity index (χ4n) is 6.37. The molecule has 0 amide bonds. The molecule has 3 saturated heterocycles. The topological polar surface area (TPSA) is 86.6 Å². The number of likely N-dealkylation sites (tertiary alicyclic amines) is 1. The lowest BCUT2D eigenvalue weighted by molar-refractivity contribution is 0.188. The van der Waals surface area contributed by atoms with E-state index in [-0.39, 0.29) is 29.0 Å². The first-order valence-corrected chi connectivity index (χ1v) is 14.4. The molecule has 202 valence electrons. The highest BCUT2D eigenvalue weighted by Gasteiger charge is 2.34. The third-order valence-electron chi connectivity index (χ3n) is 8.45. The number of nitrogens with one attached hydrogen (secondary N) is 1. The standard InChI is InChI=1S/C29H30BrFN6O2/c1-36-10-4-5-18(36)15-39-29-34-27-22(28(35-29)37-13-16-8-9-17(14-37)33-16)12-32-26(25(27)31)21-11-23(38)24(30)20-7-3-2-6-19(20)21/h2-3,6-7,11-12,16-18,33,38H,4-5,8-10,13-15H2,1H3/t16?,17?,18-/m0/s1. The third kappa shape index (κ3) is 4.38. The second-order valence-corrected chi connectivity index (χ2v) is 11.7. The van der Waals surface area contributed by atoms with E-state index in [0.717, 1.165) is 56.1 Å². The first-order valence-electron chi connectivity index (χ1n) is 13.6. The number of ether oxygens (including phenoxy) is 1. The number of aromatic nitrogens is 3. The minimum atomic E-state index is -0.552. The van der Waals surface area contributed by atoms with Gasteiger partial charge in [-0.15, -0.1) is 0 Å². The predicted octanol–water partition coefficient (Wildman–Crippen LogP) is 4.87. The van der Waals surface area contributed by atoms with E-state index in [1.54, 1.807) is 12.3 Å². The van der Waals surface area contributed by atoms with Crippen LogP contribution in [0, 0.1) is 5.82 Å². The van der Waals surface area contributed by atoms with Gasteiger partial charge in [0.2, 0.25) is 0 Å². The van der Waals surface area contributed by atoms with Crippen LogP contribution in [0.15, 0.2) is 41.0 Å². The monoisotopic (exact) mass is 592 g/mol. The maximum atomic E-state index is 16.5. The fourth-order valence-corrected chi connectivity index (χ4v) is 6.83. The van der Waals surface area contributed by atoms with E-state index >= 15 is 4.39 Å². The number of aromatic hydroxyl groups is 1. The molecule has 2 unspecified atom stereocenters. The number of halogens is 2. The van der Waals surface area contributed by atoms with Gasteiger partial charge in [0, 0.05) is 48.4 Å². The molecule has 10 heteroatoms. The Hall–Kier alpha value is -3.08. The number of piperazine rings is 1. The summed E-state index contributed by atoms with van der Waals surface area (Å²) < 4.78 is 23.2. The van der Waals surface area contributed by atoms with Crippen molar-refractivity contribution < 1.29 is 14.2 Å². The zero-order valence-corrected chi connectivity index (χ0v) is 23.3. The molecule has 7 rings (SSSR count). The molecule has 0 radical (unpaired) electrons. The van der Waals surface area contributed by atoms with Gasteiger partial charge in [0.1, 0.15) is 29.4 Å². The lowest BCUT2D eigenvalue weighted by atomic mass is 10.00. The molecule has 39 heavy (non-hydrogen) atoms. The number of fused-ring (bicyclic) bond motifs is 4. The van der Waals surface area contributed by atoms with Gasteiger partial charge in [-0.1, -0.05) is 24.3 Å². The lowest BCUT2D eigenvalue weighted by Gasteiger charge is -2.34. The number of anilines is 1. The van der Waals surface area contributed by atoms with E-state index in [9.17, 15) is 5.11 Å². The Labute approximate surface area is 234 Å². The highest BCUT2D eigenvalue weighted by molar-refractivity contribution is 9.10. The van der Waals surface area contributed by atoms with Gasteiger partial charge in [-0.05, 0) is 66.7 Å². The number of pyridine rings is 1. The molecule has 2 N–H and O–H groups in total. The summed E-state index contributed by atoms with van der Waals surface area (Å²) in [5.41, 5.74) is 0.811. The predicted molar refractivity (Wildman–Crippen MR) is 153 cm³/mol. The van der Waals surface area contributed by atoms with Crippen LogP contribution >= 0.6 is 15.9 Å². The van der Waals surface area contributed by atoms with Gasteiger partial charge < -0.3 is 25.0 Å². The largest absolute Gasteiger partial charge is 0.507 e. The van der Waals surface area contributed by atoms with Crippen molar-refractivity contribution in [2.45, 2.75) is 43.8 Å². The molecule has 0 aliphatic carbocycles. The second kappa shape index (κ2) is 9.83. The maximum Gasteiger partial charge on any atom is 0.319 e. The molecule has 3 atom stereocenters. The summed E-state index contributed by atoms with van der Waals surface area (Å²) in [6.07, 6.45) is 6.10. The van der Waals surface area contributed by atoms with Crippen LogP contribution in [0.25, 0.3) is 32.9 Å². The number of nitrogens with zero attached hydrogens (tertiary/aromatic N) is 5. The van der Waals surface area contributed by atoms with Crippen LogP contribution in [0.2, 0.25) is 0 Å². The summed E-state index contributed by atoms with van der Waals surface area (Å²) in [5.74, 6) is 0.132. The van der Waals surface area contributed by atoms with Gasteiger partial charge in [-0.25, -0.2) is 4.39 Å². The highest BCUT2D eigenvalue weighted by Crippen LogP contribution is 2.41. The molecule has 0 spiro atoms. The molecular formula is C29H30BrFN6O2. The van der Waals surface area contributed by atoms with Crippen LogP contribution < -0.4 is 15.0 Å². The van der Waals surface area contributed by atoms with Crippen LogP contribution in [-0.4, -0.2) is 76.4 Å². The van der Waals surface area contributed by atoms with E-state index in [0.29, 0.717) is 39.9 Å². The molecule has 3 aliphatic heterocycles. The Bertz CT molecular complexity index is 1570. The molecule has 0 saturated carbocycles. The van der Waals surface area contributed by atoms with Gasteiger partial charge in [0.15, 0.2) is 5.82 Å². The summed E-state index contributed by atoms with van der Waals surface area (Å²) in [6, 6.07) is 10.3. The second-order valence-electron chi connectivity index (χ2n) is 10.9. The molecular weight excluding hydrogens is 563 g/mol.